The van der Waals surface area contributed by atoms with E-state index in [1.807, 2.05) is 6.07 Å². The Bertz CT molecular complexity index is 656. The van der Waals surface area contributed by atoms with Gasteiger partial charge in [-0.05, 0) is 42.7 Å². The Balaban J connectivity index is 1.82. The Morgan fingerprint density at radius 2 is 1.88 bits per heavy atom. The van der Waals surface area contributed by atoms with Crippen LogP contribution in [0.15, 0.2) is 30.3 Å². The number of nitrogens with one attached hydrogen (secondary N) is 2. The zero-order valence-corrected chi connectivity index (χ0v) is 15.5. The molecule has 134 valence electrons. The Labute approximate surface area is 145 Å². The van der Waals surface area contributed by atoms with Gasteiger partial charge in [0.25, 0.3) is 5.91 Å². The summed E-state index contributed by atoms with van der Waals surface area (Å²) in [6.45, 7) is 6.64. The van der Waals surface area contributed by atoms with E-state index in [4.69, 9.17) is 0 Å². The van der Waals surface area contributed by atoms with Gasteiger partial charge in [-0.25, -0.2) is 13.1 Å². The van der Waals surface area contributed by atoms with Crippen molar-refractivity contribution in [3.63, 3.8) is 0 Å². The molecule has 0 unspecified atom stereocenters. The molecule has 2 N–H and O–H groups in total. The summed E-state index contributed by atoms with van der Waals surface area (Å²) in [5.74, 6) is 0.161. The number of carbonyl (C=O) groups is 1. The van der Waals surface area contributed by atoms with Gasteiger partial charge >= 0.3 is 0 Å². The van der Waals surface area contributed by atoms with Crippen molar-refractivity contribution in [3.05, 3.63) is 35.9 Å². The van der Waals surface area contributed by atoms with Crippen LogP contribution in [-0.2, 0) is 10.0 Å². The molecule has 2 atom stereocenters. The zero-order valence-electron chi connectivity index (χ0n) is 14.7. The third kappa shape index (κ3) is 5.91. The fraction of sp³-hybridized carbons (Fsp3) is 0.611. The minimum atomic E-state index is -3.40. The maximum Gasteiger partial charge on any atom is 0.251 e. The van der Waals surface area contributed by atoms with Crippen LogP contribution >= 0.6 is 0 Å². The molecule has 24 heavy (non-hydrogen) atoms. The lowest BCUT2D eigenvalue weighted by molar-refractivity contribution is 0.0956. The molecule has 0 aliphatic heterocycles. The van der Waals surface area contributed by atoms with Gasteiger partial charge in [0.1, 0.15) is 0 Å². The highest BCUT2D eigenvalue weighted by Crippen LogP contribution is 2.38. The summed E-state index contributed by atoms with van der Waals surface area (Å²) in [6.07, 6.45) is 2.85. The maximum atomic E-state index is 12.3. The van der Waals surface area contributed by atoms with E-state index < -0.39 is 10.0 Å². The van der Waals surface area contributed by atoms with Crippen molar-refractivity contribution < 1.29 is 13.2 Å². The van der Waals surface area contributed by atoms with Crippen molar-refractivity contribution in [2.75, 3.05) is 12.3 Å². The van der Waals surface area contributed by atoms with Gasteiger partial charge in [-0.2, -0.15) is 0 Å². The molecule has 0 radical (unpaired) electrons. The Morgan fingerprint density at radius 3 is 2.50 bits per heavy atom. The van der Waals surface area contributed by atoms with Gasteiger partial charge < -0.3 is 5.32 Å². The minimum Gasteiger partial charge on any atom is -0.351 e. The number of hydrogen-bond donors (Lipinski definition) is 2. The van der Waals surface area contributed by atoms with Gasteiger partial charge in [0.05, 0.1) is 5.75 Å². The summed E-state index contributed by atoms with van der Waals surface area (Å²) < 4.78 is 27.4. The van der Waals surface area contributed by atoms with Crippen LogP contribution in [0.2, 0.25) is 0 Å². The molecule has 1 aliphatic rings. The third-order valence-electron chi connectivity index (χ3n) is 4.43. The second kappa shape index (κ2) is 7.66. The Hall–Kier alpha value is -1.40. The highest BCUT2D eigenvalue weighted by atomic mass is 32.2. The molecule has 0 saturated heterocycles. The van der Waals surface area contributed by atoms with Crippen molar-refractivity contribution in [1.29, 1.82) is 0 Å². The highest BCUT2D eigenvalue weighted by molar-refractivity contribution is 7.89. The monoisotopic (exact) mass is 352 g/mol. The van der Waals surface area contributed by atoms with Gasteiger partial charge in [0, 0.05) is 18.2 Å². The van der Waals surface area contributed by atoms with E-state index >= 15 is 0 Å². The topological polar surface area (TPSA) is 75.3 Å². The summed E-state index contributed by atoms with van der Waals surface area (Å²) in [6, 6.07) is 8.77. The number of hydrogen-bond acceptors (Lipinski definition) is 3. The molecule has 0 aromatic heterocycles. The second-order valence-corrected chi connectivity index (χ2v) is 9.54. The average molecular weight is 353 g/mol. The van der Waals surface area contributed by atoms with E-state index in [0.717, 1.165) is 19.3 Å². The molecule has 0 heterocycles. The number of rotatable bonds is 6. The van der Waals surface area contributed by atoms with E-state index in [-0.39, 0.29) is 29.7 Å². The summed E-state index contributed by atoms with van der Waals surface area (Å²) in [5, 5.41) is 2.66. The fourth-order valence-corrected chi connectivity index (χ4v) is 4.92. The van der Waals surface area contributed by atoms with Crippen molar-refractivity contribution in [1.82, 2.24) is 10.0 Å². The van der Waals surface area contributed by atoms with E-state index in [2.05, 4.69) is 30.8 Å². The number of sulfonamides is 1. The third-order valence-corrected chi connectivity index (χ3v) is 5.86. The molecule has 1 aromatic carbocycles. The molecule has 1 aliphatic carbocycles. The minimum absolute atomic E-state index is 0.0152. The molecule has 0 bridgehead atoms. The molecule has 2 rings (SSSR count). The van der Waals surface area contributed by atoms with E-state index in [9.17, 15) is 13.2 Å². The normalized spacial score (nSPS) is 23.6. The van der Waals surface area contributed by atoms with Crippen LogP contribution in [-0.4, -0.2) is 32.7 Å². The zero-order chi connectivity index (χ0) is 17.8. The molecule has 5 nitrogen and oxygen atoms in total. The lowest BCUT2D eigenvalue weighted by atomic mass is 9.71. The van der Waals surface area contributed by atoms with Gasteiger partial charge in [-0.3, -0.25) is 4.79 Å². The van der Waals surface area contributed by atoms with Gasteiger partial charge in [-0.15, -0.1) is 0 Å². The molecule has 0 spiro atoms. The first-order valence-electron chi connectivity index (χ1n) is 8.50. The molecule has 1 fully saturated rings. The van der Waals surface area contributed by atoms with Crippen LogP contribution in [0.5, 0.6) is 0 Å². The first kappa shape index (κ1) is 18.9. The molecule has 1 saturated carbocycles. The summed E-state index contributed by atoms with van der Waals surface area (Å²) >= 11 is 0. The second-order valence-electron chi connectivity index (χ2n) is 7.67. The fourth-order valence-electron chi connectivity index (χ4n) is 3.74. The largest absolute Gasteiger partial charge is 0.351 e. The van der Waals surface area contributed by atoms with Gasteiger partial charge in [0.15, 0.2) is 0 Å². The van der Waals surface area contributed by atoms with E-state index in [1.54, 1.807) is 24.3 Å². The van der Waals surface area contributed by atoms with E-state index in [1.165, 1.54) is 0 Å². The molecule has 6 heteroatoms. The van der Waals surface area contributed by atoms with Crippen molar-refractivity contribution >= 4 is 15.9 Å². The average Bonchev–Trinajstić information content (AvgIpc) is 2.45. The van der Waals surface area contributed by atoms with Crippen LogP contribution in [0.4, 0.5) is 0 Å². The summed E-state index contributed by atoms with van der Waals surface area (Å²) in [7, 11) is -3.40. The quantitative estimate of drug-likeness (QED) is 0.826. The van der Waals surface area contributed by atoms with Crippen LogP contribution in [0, 0.1) is 11.3 Å². The van der Waals surface area contributed by atoms with Crippen molar-refractivity contribution in [2.24, 2.45) is 11.3 Å². The summed E-state index contributed by atoms with van der Waals surface area (Å²) in [4.78, 5) is 11.9. The standard InChI is InChI=1S/C18H28N2O3S/c1-14-11-16(13-18(2,3)12-14)20-24(22,23)10-9-19-17(21)15-7-5-4-6-8-15/h4-8,14,16,20H,9-13H2,1-3H3,(H,19,21)/t14-,16+/m0/s1. The molecule has 1 aromatic rings. The smallest absolute Gasteiger partial charge is 0.251 e. The predicted octanol–water partition coefficient (Wildman–Crippen LogP) is 2.55. The first-order chi connectivity index (χ1) is 11.2. The van der Waals surface area contributed by atoms with Crippen molar-refractivity contribution in [2.45, 2.75) is 46.1 Å². The van der Waals surface area contributed by atoms with E-state index in [0.29, 0.717) is 11.5 Å². The van der Waals surface area contributed by atoms with Gasteiger partial charge in [-0.1, -0.05) is 39.0 Å². The van der Waals surface area contributed by atoms with Crippen LogP contribution in [0.3, 0.4) is 0 Å². The molecular weight excluding hydrogens is 324 g/mol. The maximum absolute atomic E-state index is 12.3. The number of amides is 1. The lowest BCUT2D eigenvalue weighted by Crippen LogP contribution is -2.45. The Kier molecular flexibility index (Phi) is 6.04. The van der Waals surface area contributed by atoms with Crippen LogP contribution in [0.1, 0.15) is 50.4 Å². The summed E-state index contributed by atoms with van der Waals surface area (Å²) in [5.41, 5.74) is 0.692. The lowest BCUT2D eigenvalue weighted by Gasteiger charge is -2.39. The van der Waals surface area contributed by atoms with Crippen molar-refractivity contribution in [3.8, 4) is 0 Å². The molecular formula is C18H28N2O3S. The first-order valence-corrected chi connectivity index (χ1v) is 10.2. The predicted molar refractivity (Wildman–Crippen MR) is 96.3 cm³/mol. The van der Waals surface area contributed by atoms with Crippen LogP contribution < -0.4 is 10.0 Å². The number of carbonyl (C=O) groups excluding carboxylic acids is 1. The highest BCUT2D eigenvalue weighted by Gasteiger charge is 2.33. The van der Waals surface area contributed by atoms with Crippen LogP contribution in [0.25, 0.3) is 0 Å². The number of benzene rings is 1. The van der Waals surface area contributed by atoms with Gasteiger partial charge in [0.2, 0.25) is 10.0 Å². The SMILES string of the molecule is C[C@H]1C[C@@H](NS(=O)(=O)CCNC(=O)c2ccccc2)CC(C)(C)C1. The Morgan fingerprint density at radius 1 is 1.21 bits per heavy atom. The molecule has 1 amide bonds.